The van der Waals surface area contributed by atoms with Crippen LogP contribution in [0, 0.1) is 0 Å². The first-order chi connectivity index (χ1) is 16.2. The summed E-state index contributed by atoms with van der Waals surface area (Å²) in [6.07, 6.45) is 0. The number of nitrogens with zero attached hydrogens (tertiary/aromatic N) is 5. The fourth-order valence-corrected chi connectivity index (χ4v) is 4.19. The molecule has 0 aliphatic carbocycles. The van der Waals surface area contributed by atoms with Gasteiger partial charge in [0.15, 0.2) is 0 Å². The van der Waals surface area contributed by atoms with E-state index in [-0.39, 0.29) is 5.95 Å². The predicted molar refractivity (Wildman–Crippen MR) is 132 cm³/mol. The van der Waals surface area contributed by atoms with Crippen LogP contribution in [0.15, 0.2) is 66.7 Å². The van der Waals surface area contributed by atoms with Crippen molar-refractivity contribution in [2.24, 2.45) is 0 Å². The average Bonchev–Trinajstić information content (AvgIpc) is 2.84. The fourth-order valence-electron chi connectivity index (χ4n) is 4.19. The summed E-state index contributed by atoms with van der Waals surface area (Å²) >= 11 is 0. The van der Waals surface area contributed by atoms with Gasteiger partial charge in [-0.2, -0.15) is 15.0 Å². The lowest BCUT2D eigenvalue weighted by molar-refractivity contribution is 0.244. The molecule has 0 amide bonds. The Morgan fingerprint density at radius 3 is 2.55 bits per heavy atom. The third-order valence-electron chi connectivity index (χ3n) is 5.89. The highest BCUT2D eigenvalue weighted by Gasteiger charge is 2.19. The molecule has 0 spiro atoms. The number of fused-ring (bicyclic) bond motifs is 1. The number of benzene rings is 3. The van der Waals surface area contributed by atoms with Crippen LogP contribution in [-0.2, 0) is 6.54 Å². The maximum absolute atomic E-state index is 6.02. The van der Waals surface area contributed by atoms with Crippen molar-refractivity contribution in [1.82, 2.24) is 19.9 Å². The van der Waals surface area contributed by atoms with Crippen LogP contribution in [0.4, 0.5) is 23.3 Å². The fraction of sp³-hybridized carbons (Fsp3) is 0.240. The molecule has 1 aromatic heterocycles. The molecule has 5 rings (SSSR count). The van der Waals surface area contributed by atoms with Crippen molar-refractivity contribution in [3.8, 4) is 5.75 Å². The molecule has 0 bridgehead atoms. The minimum atomic E-state index is 0.220. The molecule has 168 valence electrons. The van der Waals surface area contributed by atoms with Gasteiger partial charge in [0.2, 0.25) is 11.9 Å². The van der Waals surface area contributed by atoms with Gasteiger partial charge in [-0.3, -0.25) is 4.90 Å². The molecule has 0 radical (unpaired) electrons. The first-order valence-electron chi connectivity index (χ1n) is 11.0. The number of nitrogen functional groups attached to an aromatic ring is 1. The summed E-state index contributed by atoms with van der Waals surface area (Å²) in [4.78, 5) is 18.0. The molecule has 4 aromatic rings. The van der Waals surface area contributed by atoms with Crippen molar-refractivity contribution < 1.29 is 4.74 Å². The first kappa shape index (κ1) is 21.0. The second-order valence-electron chi connectivity index (χ2n) is 8.05. The number of methoxy groups -OCH3 is 1. The highest BCUT2D eigenvalue weighted by molar-refractivity contribution is 5.94. The number of piperazine rings is 1. The van der Waals surface area contributed by atoms with Gasteiger partial charge in [0, 0.05) is 49.0 Å². The number of rotatable bonds is 6. The van der Waals surface area contributed by atoms with E-state index < -0.39 is 0 Å². The van der Waals surface area contributed by atoms with Crippen LogP contribution in [0.3, 0.4) is 0 Å². The summed E-state index contributed by atoms with van der Waals surface area (Å²) in [5, 5.41) is 5.58. The minimum absolute atomic E-state index is 0.220. The van der Waals surface area contributed by atoms with Crippen molar-refractivity contribution in [3.05, 3.63) is 72.6 Å². The number of anilines is 4. The van der Waals surface area contributed by atoms with Gasteiger partial charge < -0.3 is 20.7 Å². The minimum Gasteiger partial charge on any atom is -0.497 e. The maximum atomic E-state index is 6.02. The first-order valence-corrected chi connectivity index (χ1v) is 11.0. The number of aromatic nitrogens is 3. The van der Waals surface area contributed by atoms with Gasteiger partial charge >= 0.3 is 0 Å². The van der Waals surface area contributed by atoms with Crippen LogP contribution in [-0.4, -0.2) is 53.1 Å². The highest BCUT2D eigenvalue weighted by Crippen LogP contribution is 2.26. The largest absolute Gasteiger partial charge is 0.497 e. The Bertz CT molecular complexity index is 1250. The normalized spacial score (nSPS) is 14.4. The van der Waals surface area contributed by atoms with E-state index >= 15 is 0 Å². The Labute approximate surface area is 193 Å². The molecule has 1 aliphatic heterocycles. The molecule has 3 aromatic carbocycles. The smallest absolute Gasteiger partial charge is 0.232 e. The number of ether oxygens (including phenoxy) is 1. The summed E-state index contributed by atoms with van der Waals surface area (Å²) in [6, 6.07) is 22.5. The van der Waals surface area contributed by atoms with E-state index in [2.05, 4.69) is 60.4 Å². The topological polar surface area (TPSA) is 92.4 Å². The molecule has 0 unspecified atom stereocenters. The van der Waals surface area contributed by atoms with Gasteiger partial charge in [-0.25, -0.2) is 0 Å². The van der Waals surface area contributed by atoms with E-state index in [1.807, 2.05) is 36.4 Å². The standard InChI is InChI=1S/C25H27N7O/c1-33-20-9-5-8-19(16-20)32-14-12-31(13-15-32)17-23-28-24(26)30-25(29-23)27-22-11-4-7-18-6-2-3-10-21(18)22/h2-11,16H,12-15,17H2,1H3,(H3,26,27,28,29,30). The predicted octanol–water partition coefficient (Wildman–Crippen LogP) is 3.68. The van der Waals surface area contributed by atoms with Crippen molar-refractivity contribution in [1.29, 1.82) is 0 Å². The number of hydrogen-bond donors (Lipinski definition) is 2. The van der Waals surface area contributed by atoms with Gasteiger partial charge in [0.05, 0.1) is 13.7 Å². The Kier molecular flexibility index (Phi) is 5.91. The monoisotopic (exact) mass is 441 g/mol. The number of hydrogen-bond acceptors (Lipinski definition) is 8. The van der Waals surface area contributed by atoms with Crippen molar-refractivity contribution in [2.75, 3.05) is 49.2 Å². The molecule has 8 heteroatoms. The Morgan fingerprint density at radius 1 is 0.909 bits per heavy atom. The molecule has 33 heavy (non-hydrogen) atoms. The van der Waals surface area contributed by atoms with Gasteiger partial charge in [-0.1, -0.05) is 42.5 Å². The lowest BCUT2D eigenvalue weighted by Gasteiger charge is -2.35. The lowest BCUT2D eigenvalue weighted by atomic mass is 10.1. The van der Waals surface area contributed by atoms with Crippen LogP contribution in [0.5, 0.6) is 5.75 Å². The van der Waals surface area contributed by atoms with Crippen molar-refractivity contribution in [2.45, 2.75) is 6.54 Å². The van der Waals surface area contributed by atoms with Gasteiger partial charge in [0.1, 0.15) is 11.6 Å². The quantitative estimate of drug-likeness (QED) is 0.468. The lowest BCUT2D eigenvalue weighted by Crippen LogP contribution is -2.46. The van der Waals surface area contributed by atoms with Crippen LogP contribution in [0.2, 0.25) is 0 Å². The van der Waals surface area contributed by atoms with Crippen LogP contribution in [0.1, 0.15) is 5.82 Å². The number of nitrogens with one attached hydrogen (secondary N) is 1. The molecular formula is C25H27N7O. The van der Waals surface area contributed by atoms with E-state index in [4.69, 9.17) is 10.5 Å². The maximum Gasteiger partial charge on any atom is 0.232 e. The zero-order chi connectivity index (χ0) is 22.6. The van der Waals surface area contributed by atoms with Crippen LogP contribution in [0.25, 0.3) is 10.8 Å². The molecular weight excluding hydrogens is 414 g/mol. The van der Waals surface area contributed by atoms with E-state index in [1.54, 1.807) is 7.11 Å². The SMILES string of the molecule is COc1cccc(N2CCN(Cc3nc(N)nc(Nc4cccc5ccccc45)n3)CC2)c1. The van der Waals surface area contributed by atoms with Gasteiger partial charge in [-0.05, 0) is 23.6 Å². The molecule has 0 saturated carbocycles. The third-order valence-corrected chi connectivity index (χ3v) is 5.89. The van der Waals surface area contributed by atoms with Crippen LogP contribution >= 0.6 is 0 Å². The van der Waals surface area contributed by atoms with E-state index in [1.165, 1.54) is 5.69 Å². The molecule has 1 fully saturated rings. The van der Waals surface area contributed by atoms with Crippen molar-refractivity contribution in [3.63, 3.8) is 0 Å². The van der Waals surface area contributed by atoms with Gasteiger partial charge in [-0.15, -0.1) is 0 Å². The summed E-state index contributed by atoms with van der Waals surface area (Å²) in [5.41, 5.74) is 8.14. The van der Waals surface area contributed by atoms with Crippen molar-refractivity contribution >= 4 is 34.0 Å². The zero-order valence-electron chi connectivity index (χ0n) is 18.6. The van der Waals surface area contributed by atoms with E-state index in [0.29, 0.717) is 18.3 Å². The Morgan fingerprint density at radius 2 is 1.70 bits per heavy atom. The molecule has 1 aliphatic rings. The summed E-state index contributed by atoms with van der Waals surface area (Å²) in [6.45, 7) is 4.30. The van der Waals surface area contributed by atoms with E-state index in [9.17, 15) is 0 Å². The number of nitrogens with two attached hydrogens (primary N) is 1. The molecule has 1 saturated heterocycles. The highest BCUT2D eigenvalue weighted by atomic mass is 16.5. The average molecular weight is 442 g/mol. The molecule has 3 N–H and O–H groups in total. The summed E-state index contributed by atoms with van der Waals surface area (Å²) in [7, 11) is 1.70. The summed E-state index contributed by atoms with van der Waals surface area (Å²) in [5.74, 6) is 2.23. The van der Waals surface area contributed by atoms with Crippen LogP contribution < -0.4 is 20.7 Å². The molecule has 2 heterocycles. The molecule has 8 nitrogen and oxygen atoms in total. The third kappa shape index (κ3) is 4.80. The summed E-state index contributed by atoms with van der Waals surface area (Å²) < 4.78 is 5.36. The second kappa shape index (κ2) is 9.30. The Hall–Kier alpha value is -3.91. The second-order valence-corrected chi connectivity index (χ2v) is 8.05. The van der Waals surface area contributed by atoms with Gasteiger partial charge in [0.25, 0.3) is 0 Å². The zero-order valence-corrected chi connectivity index (χ0v) is 18.6. The van der Waals surface area contributed by atoms with E-state index in [0.717, 1.165) is 48.4 Å². The molecule has 0 atom stereocenters. The Balaban J connectivity index is 1.26.